The van der Waals surface area contributed by atoms with Crippen molar-refractivity contribution in [2.75, 3.05) is 7.11 Å². The number of hydrogen-bond donors (Lipinski definition) is 1. The molecule has 0 saturated heterocycles. The molecule has 0 aliphatic heterocycles. The maximum atomic E-state index is 11.2. The van der Waals surface area contributed by atoms with Gasteiger partial charge in [0.1, 0.15) is 5.75 Å². The van der Waals surface area contributed by atoms with Crippen LogP contribution in [-0.4, -0.2) is 18.2 Å². The van der Waals surface area contributed by atoms with E-state index in [1.54, 1.807) is 7.11 Å². The summed E-state index contributed by atoms with van der Waals surface area (Å²) in [6.07, 6.45) is 1.24. The van der Waals surface area contributed by atoms with Crippen LogP contribution in [0, 0.1) is 0 Å². The van der Waals surface area contributed by atoms with Crippen molar-refractivity contribution in [2.45, 2.75) is 26.2 Å². The summed E-state index contributed by atoms with van der Waals surface area (Å²) >= 11 is 0. The summed E-state index contributed by atoms with van der Waals surface area (Å²) in [7, 11) is 1.60. The first-order valence-corrected chi connectivity index (χ1v) is 7.51. The van der Waals surface area contributed by atoms with Crippen molar-refractivity contribution in [1.82, 2.24) is 0 Å². The second kappa shape index (κ2) is 6.69. The minimum Gasteiger partial charge on any atom is -0.497 e. The van der Waals surface area contributed by atoms with Crippen LogP contribution < -0.4 is 4.74 Å². The Kier molecular flexibility index (Phi) is 4.89. The Bertz CT molecular complexity index is 719. The van der Waals surface area contributed by atoms with E-state index in [-0.39, 0.29) is 5.41 Å². The third-order valence-electron chi connectivity index (χ3n) is 3.71. The molecule has 0 bridgehead atoms. The second-order valence-electron chi connectivity index (χ2n) is 6.46. The van der Waals surface area contributed by atoms with E-state index in [9.17, 15) is 9.90 Å². The van der Waals surface area contributed by atoms with Crippen LogP contribution in [0.4, 0.5) is 0 Å². The molecule has 0 fully saturated rings. The molecule has 2 aromatic carbocycles. The first-order valence-electron chi connectivity index (χ1n) is 7.51. The molecule has 2 rings (SSSR count). The number of hydrogen-bond acceptors (Lipinski definition) is 2. The topological polar surface area (TPSA) is 46.5 Å². The summed E-state index contributed by atoms with van der Waals surface area (Å²) in [4.78, 5) is 11.2. The van der Waals surface area contributed by atoms with Gasteiger partial charge in [-0.15, -0.1) is 0 Å². The fourth-order valence-corrected chi connectivity index (χ4v) is 2.40. The zero-order valence-electron chi connectivity index (χ0n) is 14.0. The van der Waals surface area contributed by atoms with Gasteiger partial charge in [0.2, 0.25) is 0 Å². The molecule has 0 amide bonds. The van der Waals surface area contributed by atoms with E-state index in [0.29, 0.717) is 11.3 Å². The molecule has 120 valence electrons. The van der Waals surface area contributed by atoms with Crippen LogP contribution in [0.15, 0.2) is 54.6 Å². The summed E-state index contributed by atoms with van der Waals surface area (Å²) in [5.74, 6) is -0.271. The zero-order chi connectivity index (χ0) is 17.0. The Morgan fingerprint density at radius 3 is 2.22 bits per heavy atom. The monoisotopic (exact) mass is 310 g/mol. The SMILES string of the molecule is COc1cccc(/C(=C/C(=O)O)c2ccc(C(C)(C)C)cc2)c1. The summed E-state index contributed by atoms with van der Waals surface area (Å²) in [6, 6.07) is 15.4. The first-order chi connectivity index (χ1) is 10.8. The predicted octanol–water partition coefficient (Wildman–Crippen LogP) is 4.51. The lowest BCUT2D eigenvalue weighted by atomic mass is 9.85. The Morgan fingerprint density at radius 2 is 1.70 bits per heavy atom. The number of rotatable bonds is 4. The molecule has 2 aromatic rings. The number of ether oxygens (including phenoxy) is 1. The molecule has 3 nitrogen and oxygen atoms in total. The van der Waals surface area contributed by atoms with Crippen molar-refractivity contribution >= 4 is 11.5 Å². The van der Waals surface area contributed by atoms with Gasteiger partial charge in [-0.2, -0.15) is 0 Å². The maximum absolute atomic E-state index is 11.2. The van der Waals surface area contributed by atoms with Crippen LogP contribution in [0.3, 0.4) is 0 Å². The number of benzene rings is 2. The highest BCUT2D eigenvalue weighted by Crippen LogP contribution is 2.29. The van der Waals surface area contributed by atoms with Crippen molar-refractivity contribution in [3.05, 3.63) is 71.3 Å². The fourth-order valence-electron chi connectivity index (χ4n) is 2.40. The molecule has 0 aliphatic rings. The van der Waals surface area contributed by atoms with Crippen LogP contribution in [0.2, 0.25) is 0 Å². The maximum Gasteiger partial charge on any atom is 0.328 e. The van der Waals surface area contributed by atoms with Gasteiger partial charge in [-0.05, 0) is 39.8 Å². The molecular formula is C20H22O3. The van der Waals surface area contributed by atoms with Crippen molar-refractivity contribution in [3.63, 3.8) is 0 Å². The Balaban J connectivity index is 2.49. The van der Waals surface area contributed by atoms with Crippen LogP contribution in [0.1, 0.15) is 37.5 Å². The van der Waals surface area contributed by atoms with Gasteiger partial charge in [-0.25, -0.2) is 4.79 Å². The van der Waals surface area contributed by atoms with Gasteiger partial charge in [0.15, 0.2) is 0 Å². The Morgan fingerprint density at radius 1 is 1.04 bits per heavy atom. The molecular weight excluding hydrogens is 288 g/mol. The van der Waals surface area contributed by atoms with E-state index in [2.05, 4.69) is 20.8 Å². The predicted molar refractivity (Wildman–Crippen MR) is 92.9 cm³/mol. The normalized spacial score (nSPS) is 12.1. The largest absolute Gasteiger partial charge is 0.497 e. The lowest BCUT2D eigenvalue weighted by molar-refractivity contribution is -0.131. The second-order valence-corrected chi connectivity index (χ2v) is 6.46. The van der Waals surface area contributed by atoms with E-state index in [1.165, 1.54) is 11.6 Å². The van der Waals surface area contributed by atoms with Gasteiger partial charge in [-0.1, -0.05) is 57.2 Å². The first kappa shape index (κ1) is 16.8. The average Bonchev–Trinajstić information content (AvgIpc) is 2.52. The summed E-state index contributed by atoms with van der Waals surface area (Å²) in [6.45, 7) is 6.45. The van der Waals surface area contributed by atoms with Crippen molar-refractivity contribution < 1.29 is 14.6 Å². The minimum atomic E-state index is -0.970. The number of carboxylic acid groups (broad SMARTS) is 1. The van der Waals surface area contributed by atoms with E-state index in [1.807, 2.05) is 48.5 Å². The molecule has 0 radical (unpaired) electrons. The Hall–Kier alpha value is -2.55. The number of carboxylic acids is 1. The third-order valence-corrected chi connectivity index (χ3v) is 3.71. The fraction of sp³-hybridized carbons (Fsp3) is 0.250. The standard InChI is InChI=1S/C20H22O3/c1-20(2,3)16-10-8-14(9-11-16)18(13-19(21)22)15-6-5-7-17(12-15)23-4/h5-13H,1-4H3,(H,21,22)/b18-13+. The molecule has 1 N–H and O–H groups in total. The molecule has 0 atom stereocenters. The minimum absolute atomic E-state index is 0.0607. The average molecular weight is 310 g/mol. The highest BCUT2D eigenvalue weighted by molar-refractivity contribution is 5.95. The summed E-state index contributed by atoms with van der Waals surface area (Å²) in [5.41, 5.74) is 3.62. The van der Waals surface area contributed by atoms with Crippen molar-refractivity contribution in [3.8, 4) is 5.75 Å². The lowest BCUT2D eigenvalue weighted by Crippen LogP contribution is -2.10. The lowest BCUT2D eigenvalue weighted by Gasteiger charge is -2.19. The number of methoxy groups -OCH3 is 1. The Labute approximate surface area is 137 Å². The molecule has 23 heavy (non-hydrogen) atoms. The van der Waals surface area contributed by atoms with E-state index < -0.39 is 5.97 Å². The van der Waals surface area contributed by atoms with Crippen LogP contribution in [0.25, 0.3) is 5.57 Å². The van der Waals surface area contributed by atoms with Crippen LogP contribution in [0.5, 0.6) is 5.75 Å². The quantitative estimate of drug-likeness (QED) is 0.845. The third kappa shape index (κ3) is 4.22. The number of carbonyl (C=O) groups is 1. The van der Waals surface area contributed by atoms with E-state index >= 15 is 0 Å². The van der Waals surface area contributed by atoms with Gasteiger partial charge < -0.3 is 9.84 Å². The molecule has 0 saturated carbocycles. The molecule has 0 spiro atoms. The van der Waals surface area contributed by atoms with Gasteiger partial charge in [-0.3, -0.25) is 0 Å². The van der Waals surface area contributed by atoms with Crippen molar-refractivity contribution in [1.29, 1.82) is 0 Å². The number of aliphatic carboxylic acids is 1. The highest BCUT2D eigenvalue weighted by Gasteiger charge is 2.14. The molecule has 0 unspecified atom stereocenters. The molecule has 0 aromatic heterocycles. The van der Waals surface area contributed by atoms with E-state index in [4.69, 9.17) is 4.74 Å². The van der Waals surface area contributed by atoms with Crippen LogP contribution >= 0.6 is 0 Å². The molecule has 0 heterocycles. The van der Waals surface area contributed by atoms with Crippen molar-refractivity contribution in [2.24, 2.45) is 0 Å². The van der Waals surface area contributed by atoms with Gasteiger partial charge in [0, 0.05) is 6.08 Å². The van der Waals surface area contributed by atoms with Gasteiger partial charge in [0.25, 0.3) is 0 Å². The van der Waals surface area contributed by atoms with Crippen LogP contribution in [-0.2, 0) is 10.2 Å². The van der Waals surface area contributed by atoms with Gasteiger partial charge in [0.05, 0.1) is 7.11 Å². The summed E-state index contributed by atoms with van der Waals surface area (Å²) < 4.78 is 5.24. The molecule has 3 heteroatoms. The zero-order valence-corrected chi connectivity index (χ0v) is 14.0. The summed E-state index contributed by atoms with van der Waals surface area (Å²) in [5, 5.41) is 9.21. The smallest absolute Gasteiger partial charge is 0.328 e. The highest BCUT2D eigenvalue weighted by atomic mass is 16.5. The van der Waals surface area contributed by atoms with E-state index in [0.717, 1.165) is 11.1 Å². The van der Waals surface area contributed by atoms with Gasteiger partial charge >= 0.3 is 5.97 Å². The molecule has 0 aliphatic carbocycles.